The first-order valence-electron chi connectivity index (χ1n) is 6.96. The molecule has 0 spiro atoms. The van der Waals surface area contributed by atoms with Crippen molar-refractivity contribution in [3.8, 4) is 5.75 Å². The second-order valence-electron chi connectivity index (χ2n) is 4.97. The van der Waals surface area contributed by atoms with Gasteiger partial charge in [0.1, 0.15) is 11.5 Å². The Morgan fingerprint density at radius 2 is 1.50 bits per heavy atom. The van der Waals surface area contributed by atoms with Gasteiger partial charge in [-0.3, -0.25) is 4.79 Å². The third kappa shape index (κ3) is 4.32. The Labute approximate surface area is 131 Å². The fraction of sp³-hybridized carbons (Fsp3) is 0.0500. The molecule has 0 fully saturated rings. The maximum atomic E-state index is 12.3. The summed E-state index contributed by atoms with van der Waals surface area (Å²) in [5.41, 5.74) is 2.22. The largest absolute Gasteiger partial charge is 0.458 e. The van der Waals surface area contributed by atoms with E-state index in [2.05, 4.69) is 13.2 Å². The lowest BCUT2D eigenvalue weighted by Crippen LogP contribution is -2.00. The molecule has 2 aromatic rings. The van der Waals surface area contributed by atoms with E-state index in [1.807, 2.05) is 31.2 Å². The molecule has 0 aliphatic rings. The molecule has 0 saturated carbocycles. The highest BCUT2D eigenvalue weighted by Crippen LogP contribution is 2.17. The van der Waals surface area contributed by atoms with Crippen LogP contribution in [-0.4, -0.2) is 5.78 Å². The Hall–Kier alpha value is -2.87. The SMILES string of the molecule is C=C(C)/C=C\C(=C)Oc1ccc(C(=O)c2ccccc2)cc1. The minimum Gasteiger partial charge on any atom is -0.458 e. The van der Waals surface area contributed by atoms with Crippen molar-refractivity contribution >= 4 is 5.78 Å². The molecule has 0 aliphatic heterocycles. The predicted octanol–water partition coefficient (Wildman–Crippen LogP) is 4.94. The second-order valence-corrected chi connectivity index (χ2v) is 4.97. The number of carbonyl (C=O) groups is 1. The van der Waals surface area contributed by atoms with Crippen LogP contribution in [0.3, 0.4) is 0 Å². The van der Waals surface area contributed by atoms with Crippen molar-refractivity contribution in [1.82, 2.24) is 0 Å². The standard InChI is InChI=1S/C20H18O2/c1-15(2)9-10-16(3)22-19-13-11-18(12-14-19)20(21)17-7-5-4-6-8-17/h4-14H,1,3H2,2H3/b10-9-. The van der Waals surface area contributed by atoms with Gasteiger partial charge in [-0.25, -0.2) is 0 Å². The van der Waals surface area contributed by atoms with Crippen molar-refractivity contribution in [2.75, 3.05) is 0 Å². The number of allylic oxidation sites excluding steroid dienone is 3. The van der Waals surface area contributed by atoms with Crippen molar-refractivity contribution in [2.24, 2.45) is 0 Å². The van der Waals surface area contributed by atoms with E-state index in [1.165, 1.54) is 0 Å². The zero-order valence-corrected chi connectivity index (χ0v) is 12.6. The molecule has 0 saturated heterocycles. The first-order chi connectivity index (χ1) is 10.6. The molecule has 0 N–H and O–H groups in total. The van der Waals surface area contributed by atoms with E-state index in [0.29, 0.717) is 22.6 Å². The van der Waals surface area contributed by atoms with E-state index in [0.717, 1.165) is 5.57 Å². The van der Waals surface area contributed by atoms with Crippen LogP contribution in [0.25, 0.3) is 0 Å². The smallest absolute Gasteiger partial charge is 0.193 e. The number of hydrogen-bond acceptors (Lipinski definition) is 2. The Balaban J connectivity index is 2.06. The van der Waals surface area contributed by atoms with Crippen LogP contribution in [0.15, 0.2) is 91.2 Å². The van der Waals surface area contributed by atoms with Crippen LogP contribution in [0.5, 0.6) is 5.75 Å². The molecule has 0 aliphatic carbocycles. The molecule has 110 valence electrons. The quantitative estimate of drug-likeness (QED) is 0.428. The summed E-state index contributed by atoms with van der Waals surface area (Å²) < 4.78 is 5.57. The third-order valence-corrected chi connectivity index (χ3v) is 2.96. The maximum Gasteiger partial charge on any atom is 0.193 e. The number of carbonyl (C=O) groups excluding carboxylic acids is 1. The molecule has 0 heterocycles. The average Bonchev–Trinajstić information content (AvgIpc) is 2.54. The van der Waals surface area contributed by atoms with E-state index in [1.54, 1.807) is 42.5 Å². The number of hydrogen-bond donors (Lipinski definition) is 0. The van der Waals surface area contributed by atoms with Crippen LogP contribution < -0.4 is 4.74 Å². The van der Waals surface area contributed by atoms with E-state index in [-0.39, 0.29) is 5.78 Å². The van der Waals surface area contributed by atoms with Crippen molar-refractivity contribution < 1.29 is 9.53 Å². The first kappa shape index (κ1) is 15.5. The fourth-order valence-corrected chi connectivity index (χ4v) is 1.85. The summed E-state index contributed by atoms with van der Waals surface area (Å²) in [6.45, 7) is 9.48. The predicted molar refractivity (Wildman–Crippen MR) is 90.0 cm³/mol. The average molecular weight is 290 g/mol. The highest BCUT2D eigenvalue weighted by Gasteiger charge is 2.08. The summed E-state index contributed by atoms with van der Waals surface area (Å²) in [6.07, 6.45) is 3.58. The Morgan fingerprint density at radius 1 is 0.909 bits per heavy atom. The van der Waals surface area contributed by atoms with Gasteiger partial charge in [-0.1, -0.05) is 55.1 Å². The van der Waals surface area contributed by atoms with Gasteiger partial charge in [-0.15, -0.1) is 0 Å². The molecule has 0 bridgehead atoms. The first-order valence-corrected chi connectivity index (χ1v) is 6.96. The molecule has 0 amide bonds. The van der Waals surface area contributed by atoms with Gasteiger partial charge in [-0.2, -0.15) is 0 Å². The van der Waals surface area contributed by atoms with Gasteiger partial charge in [0.15, 0.2) is 5.78 Å². The van der Waals surface area contributed by atoms with Crippen LogP contribution in [0.4, 0.5) is 0 Å². The van der Waals surface area contributed by atoms with Gasteiger partial charge < -0.3 is 4.74 Å². The van der Waals surface area contributed by atoms with Gasteiger partial charge in [0.25, 0.3) is 0 Å². The lowest BCUT2D eigenvalue weighted by molar-refractivity contribution is 0.103. The summed E-state index contributed by atoms with van der Waals surface area (Å²) >= 11 is 0. The zero-order valence-electron chi connectivity index (χ0n) is 12.6. The van der Waals surface area contributed by atoms with E-state index in [4.69, 9.17) is 4.74 Å². The van der Waals surface area contributed by atoms with Gasteiger partial charge in [0.05, 0.1) is 0 Å². The number of ether oxygens (including phenoxy) is 1. The van der Waals surface area contributed by atoms with Gasteiger partial charge in [0, 0.05) is 11.1 Å². The minimum absolute atomic E-state index is 0.00634. The Kier molecular flexibility index (Phi) is 5.10. The van der Waals surface area contributed by atoms with Crippen LogP contribution >= 0.6 is 0 Å². The van der Waals surface area contributed by atoms with Crippen LogP contribution in [-0.2, 0) is 0 Å². The molecule has 2 rings (SSSR count). The molecular formula is C20H18O2. The van der Waals surface area contributed by atoms with E-state index >= 15 is 0 Å². The molecular weight excluding hydrogens is 272 g/mol. The van der Waals surface area contributed by atoms with Crippen LogP contribution in [0.2, 0.25) is 0 Å². The zero-order chi connectivity index (χ0) is 15.9. The second kappa shape index (κ2) is 7.23. The van der Waals surface area contributed by atoms with Crippen molar-refractivity contribution in [3.63, 3.8) is 0 Å². The van der Waals surface area contributed by atoms with Crippen LogP contribution in [0.1, 0.15) is 22.8 Å². The molecule has 0 atom stereocenters. The van der Waals surface area contributed by atoms with Gasteiger partial charge >= 0.3 is 0 Å². The summed E-state index contributed by atoms with van der Waals surface area (Å²) in [5.74, 6) is 1.15. The topological polar surface area (TPSA) is 26.3 Å². The number of rotatable bonds is 6. The van der Waals surface area contributed by atoms with Crippen molar-refractivity contribution in [1.29, 1.82) is 0 Å². The summed E-state index contributed by atoms with van der Waals surface area (Å²) in [6, 6.07) is 16.2. The van der Waals surface area contributed by atoms with Crippen LogP contribution in [0, 0.1) is 0 Å². The van der Waals surface area contributed by atoms with Gasteiger partial charge in [0.2, 0.25) is 0 Å². The van der Waals surface area contributed by atoms with E-state index < -0.39 is 0 Å². The lowest BCUT2D eigenvalue weighted by Gasteiger charge is -2.06. The van der Waals surface area contributed by atoms with Crippen molar-refractivity contribution in [3.05, 3.63) is 102 Å². The Morgan fingerprint density at radius 3 is 2.09 bits per heavy atom. The Bertz CT molecular complexity index is 707. The maximum absolute atomic E-state index is 12.3. The van der Waals surface area contributed by atoms with Gasteiger partial charge in [-0.05, 0) is 37.3 Å². The number of ketones is 1. The van der Waals surface area contributed by atoms with Crippen molar-refractivity contribution in [2.45, 2.75) is 6.92 Å². The molecule has 22 heavy (non-hydrogen) atoms. The molecule has 0 radical (unpaired) electrons. The molecule has 2 heteroatoms. The minimum atomic E-state index is -0.00634. The summed E-state index contributed by atoms with van der Waals surface area (Å²) in [4.78, 5) is 12.3. The molecule has 2 aromatic carbocycles. The highest BCUT2D eigenvalue weighted by molar-refractivity contribution is 6.08. The summed E-state index contributed by atoms with van der Waals surface area (Å²) in [5, 5.41) is 0. The summed E-state index contributed by atoms with van der Waals surface area (Å²) in [7, 11) is 0. The fourth-order valence-electron chi connectivity index (χ4n) is 1.85. The third-order valence-electron chi connectivity index (χ3n) is 2.96. The molecule has 0 unspecified atom stereocenters. The number of benzene rings is 2. The lowest BCUT2D eigenvalue weighted by atomic mass is 10.0. The van der Waals surface area contributed by atoms with E-state index in [9.17, 15) is 4.79 Å². The molecule has 2 nitrogen and oxygen atoms in total. The highest BCUT2D eigenvalue weighted by atomic mass is 16.5. The monoisotopic (exact) mass is 290 g/mol. The molecule has 0 aromatic heterocycles. The normalized spacial score (nSPS) is 10.4.